The number of nitrogens with two attached hydrogens (primary N) is 1. The molecule has 2 aliphatic rings. The van der Waals surface area contributed by atoms with Crippen LogP contribution in [0.3, 0.4) is 0 Å². The molecule has 5 rings (SSSR count). The Morgan fingerprint density at radius 1 is 1.22 bits per heavy atom. The topological polar surface area (TPSA) is 126 Å². The summed E-state index contributed by atoms with van der Waals surface area (Å²) in [4.78, 5) is 35.8. The number of nitrogens with one attached hydrogen (secondary N) is 2. The van der Waals surface area contributed by atoms with E-state index in [0.717, 1.165) is 36.9 Å². The number of rotatable bonds is 7. The fourth-order valence-corrected chi connectivity index (χ4v) is 5.28. The van der Waals surface area contributed by atoms with Gasteiger partial charge in [-0.05, 0) is 80.7 Å². The SMILES string of the molecule is Cc1cc(Nc2nc(N3CCC[C@@H](NC(=O)c4ccc(C5CC5)cc4F)[C@H]3C)cnc2C(N)=O)sn1. The van der Waals surface area contributed by atoms with Gasteiger partial charge in [0.25, 0.3) is 11.8 Å². The normalized spacial score (nSPS) is 19.7. The molecule has 1 saturated carbocycles. The fraction of sp³-hybridized carbons (Fsp3) is 0.400. The summed E-state index contributed by atoms with van der Waals surface area (Å²) < 4.78 is 18.9. The molecule has 3 heterocycles. The van der Waals surface area contributed by atoms with Gasteiger partial charge in [0.05, 0.1) is 17.5 Å². The van der Waals surface area contributed by atoms with Gasteiger partial charge in [-0.15, -0.1) is 0 Å². The lowest BCUT2D eigenvalue weighted by molar-refractivity contribution is 0.0919. The van der Waals surface area contributed by atoms with Gasteiger partial charge < -0.3 is 21.3 Å². The van der Waals surface area contributed by atoms with Crippen molar-refractivity contribution in [3.63, 3.8) is 0 Å². The summed E-state index contributed by atoms with van der Waals surface area (Å²) >= 11 is 1.25. The predicted octanol–water partition coefficient (Wildman–Crippen LogP) is 3.89. The molecule has 36 heavy (non-hydrogen) atoms. The van der Waals surface area contributed by atoms with Crippen LogP contribution < -0.4 is 21.3 Å². The van der Waals surface area contributed by atoms with E-state index < -0.39 is 17.6 Å². The van der Waals surface area contributed by atoms with E-state index >= 15 is 0 Å². The van der Waals surface area contributed by atoms with Crippen molar-refractivity contribution in [2.45, 2.75) is 57.5 Å². The zero-order valence-corrected chi connectivity index (χ0v) is 20.9. The number of amides is 2. The number of benzene rings is 1. The maximum atomic E-state index is 14.7. The van der Waals surface area contributed by atoms with Gasteiger partial charge in [-0.1, -0.05) is 6.07 Å². The molecular weight excluding hydrogens is 481 g/mol. The number of halogens is 1. The van der Waals surface area contributed by atoms with Crippen LogP contribution in [-0.4, -0.2) is 44.8 Å². The van der Waals surface area contributed by atoms with Crippen molar-refractivity contribution in [2.75, 3.05) is 16.8 Å². The van der Waals surface area contributed by atoms with Crippen molar-refractivity contribution in [3.8, 4) is 0 Å². The summed E-state index contributed by atoms with van der Waals surface area (Å²) in [5, 5.41) is 6.83. The van der Waals surface area contributed by atoms with E-state index in [-0.39, 0.29) is 29.2 Å². The van der Waals surface area contributed by atoms with Crippen LogP contribution >= 0.6 is 11.5 Å². The van der Waals surface area contributed by atoms with Crippen molar-refractivity contribution >= 4 is 40.0 Å². The number of piperidine rings is 1. The molecule has 2 atom stereocenters. The second kappa shape index (κ2) is 9.81. The highest BCUT2D eigenvalue weighted by Gasteiger charge is 2.32. The Hall–Kier alpha value is -3.60. The lowest BCUT2D eigenvalue weighted by Gasteiger charge is -2.40. The highest BCUT2D eigenvalue weighted by atomic mass is 32.1. The summed E-state index contributed by atoms with van der Waals surface area (Å²) in [5.41, 5.74) is 7.40. The monoisotopic (exact) mass is 509 g/mol. The summed E-state index contributed by atoms with van der Waals surface area (Å²) in [7, 11) is 0. The van der Waals surface area contributed by atoms with E-state index in [1.807, 2.05) is 30.9 Å². The Labute approximate surface area is 212 Å². The molecule has 11 heteroatoms. The maximum absolute atomic E-state index is 14.7. The summed E-state index contributed by atoms with van der Waals surface area (Å²) in [6, 6.07) is 6.40. The molecule has 2 aromatic heterocycles. The van der Waals surface area contributed by atoms with E-state index in [1.54, 1.807) is 6.07 Å². The van der Waals surface area contributed by atoms with E-state index in [0.29, 0.717) is 23.3 Å². The molecule has 0 unspecified atom stereocenters. The minimum atomic E-state index is -0.690. The Morgan fingerprint density at radius 2 is 2.03 bits per heavy atom. The van der Waals surface area contributed by atoms with Crippen LogP contribution in [0.25, 0.3) is 0 Å². The highest BCUT2D eigenvalue weighted by molar-refractivity contribution is 7.10. The average Bonchev–Trinajstić information content (AvgIpc) is 3.62. The summed E-state index contributed by atoms with van der Waals surface area (Å²) in [6.45, 7) is 4.55. The molecule has 2 fully saturated rings. The zero-order valence-electron chi connectivity index (χ0n) is 20.1. The van der Waals surface area contributed by atoms with Gasteiger partial charge in [0.1, 0.15) is 16.6 Å². The minimum Gasteiger partial charge on any atom is -0.364 e. The van der Waals surface area contributed by atoms with Crippen molar-refractivity contribution in [1.29, 1.82) is 0 Å². The summed E-state index contributed by atoms with van der Waals surface area (Å²) in [6.07, 6.45) is 5.22. The molecule has 9 nitrogen and oxygen atoms in total. The number of primary amides is 1. The molecule has 1 aromatic carbocycles. The molecule has 3 aromatic rings. The average molecular weight is 510 g/mol. The number of carbonyl (C=O) groups is 2. The molecule has 1 saturated heterocycles. The molecule has 4 N–H and O–H groups in total. The van der Waals surface area contributed by atoms with Crippen LogP contribution in [0.15, 0.2) is 30.5 Å². The Bertz CT molecular complexity index is 1310. The van der Waals surface area contributed by atoms with Crippen LogP contribution in [-0.2, 0) is 0 Å². The van der Waals surface area contributed by atoms with Crippen molar-refractivity contribution in [2.24, 2.45) is 5.73 Å². The van der Waals surface area contributed by atoms with Crippen molar-refractivity contribution in [1.82, 2.24) is 19.7 Å². The lowest BCUT2D eigenvalue weighted by Crippen LogP contribution is -2.54. The van der Waals surface area contributed by atoms with Gasteiger partial charge in [-0.2, -0.15) is 4.37 Å². The number of nitrogens with zero attached hydrogens (tertiary/aromatic N) is 4. The number of aromatic nitrogens is 3. The molecular formula is C25H28FN7O2S. The van der Waals surface area contributed by atoms with E-state index in [2.05, 4.69) is 25.0 Å². The van der Waals surface area contributed by atoms with Crippen molar-refractivity contribution in [3.05, 3.63) is 58.8 Å². The fourth-order valence-electron chi connectivity index (χ4n) is 4.62. The molecule has 2 amide bonds. The first-order valence-corrected chi connectivity index (χ1v) is 12.8. The molecule has 188 valence electrons. The van der Waals surface area contributed by atoms with Gasteiger partial charge in [0, 0.05) is 18.6 Å². The zero-order chi connectivity index (χ0) is 25.4. The Morgan fingerprint density at radius 3 is 2.69 bits per heavy atom. The second-order valence-electron chi connectivity index (χ2n) is 9.42. The minimum absolute atomic E-state index is 0.0319. The van der Waals surface area contributed by atoms with Gasteiger partial charge in [-0.3, -0.25) is 9.59 Å². The van der Waals surface area contributed by atoms with Crippen LogP contribution in [0.5, 0.6) is 0 Å². The molecule has 0 bridgehead atoms. The third kappa shape index (κ3) is 5.01. The largest absolute Gasteiger partial charge is 0.364 e. The first-order chi connectivity index (χ1) is 17.3. The van der Waals surface area contributed by atoms with Gasteiger partial charge in [0.2, 0.25) is 0 Å². The Balaban J connectivity index is 1.34. The standard InChI is InChI=1S/C25H28FN7O2S/c1-13-10-21(36-32-13)31-24-22(23(27)34)28-12-20(30-24)33-9-3-4-19(14(33)2)29-25(35)17-8-7-16(11-18(17)26)15-5-6-15/h7-8,10-12,14-15,19H,3-6,9H2,1-2H3,(H2,27,34)(H,29,35)(H,30,31)/t14-,19-/m1/s1. The lowest BCUT2D eigenvalue weighted by atomic mass is 9.96. The van der Waals surface area contributed by atoms with E-state index in [9.17, 15) is 14.0 Å². The third-order valence-electron chi connectivity index (χ3n) is 6.75. The van der Waals surface area contributed by atoms with Gasteiger partial charge in [-0.25, -0.2) is 14.4 Å². The number of hydrogen-bond donors (Lipinski definition) is 3. The van der Waals surface area contributed by atoms with E-state index in [1.165, 1.54) is 23.8 Å². The highest BCUT2D eigenvalue weighted by Crippen LogP contribution is 2.40. The quantitative estimate of drug-likeness (QED) is 0.441. The predicted molar refractivity (Wildman–Crippen MR) is 136 cm³/mol. The number of anilines is 3. The van der Waals surface area contributed by atoms with Gasteiger partial charge >= 0.3 is 0 Å². The first kappa shape index (κ1) is 24.1. The number of aryl methyl sites for hydroxylation is 1. The smallest absolute Gasteiger partial charge is 0.271 e. The third-order valence-corrected chi connectivity index (χ3v) is 7.54. The van der Waals surface area contributed by atoms with Crippen molar-refractivity contribution < 1.29 is 14.0 Å². The first-order valence-electron chi connectivity index (χ1n) is 12.0. The molecule has 1 aliphatic carbocycles. The number of hydrogen-bond acceptors (Lipinski definition) is 8. The van der Waals surface area contributed by atoms with Crippen LogP contribution in [0.1, 0.15) is 70.6 Å². The van der Waals surface area contributed by atoms with Crippen LogP contribution in [0.4, 0.5) is 21.0 Å². The van der Waals surface area contributed by atoms with E-state index in [4.69, 9.17) is 5.73 Å². The Kier molecular flexibility index (Phi) is 6.57. The van der Waals surface area contributed by atoms with Crippen LogP contribution in [0.2, 0.25) is 0 Å². The molecule has 1 aliphatic heterocycles. The van der Waals surface area contributed by atoms with Crippen LogP contribution in [0, 0.1) is 12.7 Å². The second-order valence-corrected chi connectivity index (χ2v) is 10.2. The maximum Gasteiger partial charge on any atom is 0.271 e. The molecule has 0 spiro atoms. The summed E-state index contributed by atoms with van der Waals surface area (Å²) in [5.74, 6) is -0.379. The van der Waals surface area contributed by atoms with Gasteiger partial charge in [0.15, 0.2) is 11.5 Å². The number of carbonyl (C=O) groups excluding carboxylic acids is 2. The molecule has 0 radical (unpaired) electrons.